The van der Waals surface area contributed by atoms with E-state index in [0.29, 0.717) is 5.82 Å². The van der Waals surface area contributed by atoms with Gasteiger partial charge in [-0.25, -0.2) is 0 Å². The lowest BCUT2D eigenvalue weighted by molar-refractivity contribution is 0.00578. The van der Waals surface area contributed by atoms with Crippen molar-refractivity contribution in [1.82, 2.24) is 0 Å². The van der Waals surface area contributed by atoms with E-state index >= 15 is 0 Å². The average Bonchev–Trinajstić information content (AvgIpc) is 2.39. The van der Waals surface area contributed by atoms with Crippen molar-refractivity contribution in [2.45, 2.75) is 83.7 Å². The topological polar surface area (TPSA) is 18.5 Å². The predicted molar refractivity (Wildman–Crippen MR) is 72.1 cm³/mol. The Morgan fingerprint density at radius 3 is 2.00 bits per heavy atom. The first-order valence-corrected chi connectivity index (χ1v) is 7.19. The SMILES string of the molecule is CC1CCCCCC1B1OC(C)(C)C(C)(C)O1. The molecule has 17 heavy (non-hydrogen) atoms. The molecule has 0 radical (unpaired) electrons. The van der Waals surface area contributed by atoms with Gasteiger partial charge in [0.1, 0.15) is 0 Å². The molecule has 0 aromatic rings. The Kier molecular flexibility index (Phi) is 3.62. The van der Waals surface area contributed by atoms with Crippen LogP contribution in [0.25, 0.3) is 0 Å². The van der Waals surface area contributed by atoms with Gasteiger partial charge >= 0.3 is 7.12 Å². The summed E-state index contributed by atoms with van der Waals surface area (Å²) in [6.07, 6.45) is 6.67. The summed E-state index contributed by atoms with van der Waals surface area (Å²) in [4.78, 5) is 0. The highest BCUT2D eigenvalue weighted by Crippen LogP contribution is 2.45. The van der Waals surface area contributed by atoms with Crippen molar-refractivity contribution < 1.29 is 9.31 Å². The molecule has 0 aromatic carbocycles. The summed E-state index contributed by atoms with van der Waals surface area (Å²) in [7, 11) is 0.00750. The largest absolute Gasteiger partial charge is 0.461 e. The second-order valence-electron chi connectivity index (χ2n) is 6.90. The molecule has 1 aliphatic heterocycles. The van der Waals surface area contributed by atoms with E-state index in [1.54, 1.807) is 0 Å². The fraction of sp³-hybridized carbons (Fsp3) is 1.00. The standard InChI is InChI=1S/C14H27BO2/c1-11-9-7-6-8-10-12(11)15-16-13(2,3)14(4,5)17-15/h11-12H,6-10H2,1-5H3. The lowest BCUT2D eigenvalue weighted by Gasteiger charge is -2.32. The van der Waals surface area contributed by atoms with Gasteiger partial charge in [-0.2, -0.15) is 0 Å². The normalized spacial score (nSPS) is 36.9. The second-order valence-corrected chi connectivity index (χ2v) is 6.90. The first-order chi connectivity index (χ1) is 7.83. The number of rotatable bonds is 1. The molecule has 1 saturated carbocycles. The van der Waals surface area contributed by atoms with Crippen LogP contribution in [0.4, 0.5) is 0 Å². The Hall–Kier alpha value is -0.0151. The van der Waals surface area contributed by atoms with Gasteiger partial charge in [0.15, 0.2) is 0 Å². The smallest absolute Gasteiger partial charge is 0.403 e. The van der Waals surface area contributed by atoms with Crippen LogP contribution in [0.2, 0.25) is 5.82 Å². The molecule has 2 unspecified atom stereocenters. The Morgan fingerprint density at radius 2 is 1.41 bits per heavy atom. The molecule has 2 nitrogen and oxygen atoms in total. The minimum atomic E-state index is -0.177. The second kappa shape index (κ2) is 4.58. The Balaban J connectivity index is 2.08. The lowest BCUT2D eigenvalue weighted by Crippen LogP contribution is -2.41. The molecule has 98 valence electrons. The molecule has 1 saturated heterocycles. The Morgan fingerprint density at radius 1 is 0.882 bits per heavy atom. The molecule has 2 aliphatic rings. The third-order valence-electron chi connectivity index (χ3n) is 5.05. The molecule has 1 aliphatic carbocycles. The molecule has 0 N–H and O–H groups in total. The van der Waals surface area contributed by atoms with Gasteiger partial charge in [-0.1, -0.05) is 39.0 Å². The van der Waals surface area contributed by atoms with Crippen LogP contribution in [-0.2, 0) is 9.31 Å². The van der Waals surface area contributed by atoms with Crippen molar-refractivity contribution in [3.8, 4) is 0 Å². The highest BCUT2D eigenvalue weighted by atomic mass is 16.7. The van der Waals surface area contributed by atoms with E-state index in [1.165, 1.54) is 32.1 Å². The van der Waals surface area contributed by atoms with Gasteiger partial charge in [0, 0.05) is 0 Å². The van der Waals surface area contributed by atoms with E-state index in [0.717, 1.165) is 5.92 Å². The van der Waals surface area contributed by atoms with Crippen LogP contribution >= 0.6 is 0 Å². The summed E-state index contributed by atoms with van der Waals surface area (Å²) in [5.41, 5.74) is -0.354. The maximum atomic E-state index is 6.21. The first-order valence-electron chi connectivity index (χ1n) is 7.19. The molecule has 2 rings (SSSR count). The Labute approximate surface area is 107 Å². The van der Waals surface area contributed by atoms with Gasteiger partial charge in [0.25, 0.3) is 0 Å². The summed E-state index contributed by atoms with van der Waals surface area (Å²) in [6.45, 7) is 11.0. The molecule has 3 heteroatoms. The maximum absolute atomic E-state index is 6.21. The van der Waals surface area contributed by atoms with Crippen molar-refractivity contribution >= 4 is 7.12 Å². The third-order valence-corrected chi connectivity index (χ3v) is 5.05. The van der Waals surface area contributed by atoms with E-state index < -0.39 is 0 Å². The van der Waals surface area contributed by atoms with Crippen LogP contribution in [0.5, 0.6) is 0 Å². The van der Waals surface area contributed by atoms with Crippen molar-refractivity contribution in [1.29, 1.82) is 0 Å². The van der Waals surface area contributed by atoms with Crippen LogP contribution in [0, 0.1) is 5.92 Å². The van der Waals surface area contributed by atoms with Crippen molar-refractivity contribution in [3.63, 3.8) is 0 Å². The molecule has 1 heterocycles. The number of hydrogen-bond acceptors (Lipinski definition) is 2. The Bertz CT molecular complexity index is 259. The summed E-state index contributed by atoms with van der Waals surface area (Å²) in [6, 6.07) is 0. The highest BCUT2D eigenvalue weighted by Gasteiger charge is 2.54. The molecule has 0 spiro atoms. The minimum absolute atomic E-state index is 0.00750. The van der Waals surface area contributed by atoms with Crippen molar-refractivity contribution in [2.75, 3.05) is 0 Å². The summed E-state index contributed by atoms with van der Waals surface area (Å²) in [5.74, 6) is 1.31. The van der Waals surface area contributed by atoms with E-state index in [2.05, 4.69) is 34.6 Å². The number of hydrogen-bond donors (Lipinski definition) is 0. The van der Waals surface area contributed by atoms with E-state index in [1.807, 2.05) is 0 Å². The van der Waals surface area contributed by atoms with Crippen molar-refractivity contribution in [2.24, 2.45) is 5.92 Å². The molecule has 0 amide bonds. The third kappa shape index (κ3) is 2.55. The first kappa shape index (κ1) is 13.4. The zero-order chi connectivity index (χ0) is 12.7. The summed E-state index contributed by atoms with van der Waals surface area (Å²) < 4.78 is 12.4. The van der Waals surface area contributed by atoms with E-state index in [9.17, 15) is 0 Å². The van der Waals surface area contributed by atoms with Gasteiger partial charge in [-0.05, 0) is 39.4 Å². The minimum Gasteiger partial charge on any atom is -0.403 e. The van der Waals surface area contributed by atoms with Crippen LogP contribution in [0.3, 0.4) is 0 Å². The van der Waals surface area contributed by atoms with Gasteiger partial charge in [0.2, 0.25) is 0 Å². The van der Waals surface area contributed by atoms with E-state index in [4.69, 9.17) is 9.31 Å². The maximum Gasteiger partial charge on any atom is 0.461 e. The molecule has 0 bridgehead atoms. The van der Waals surface area contributed by atoms with Crippen LogP contribution in [0.1, 0.15) is 66.7 Å². The zero-order valence-electron chi connectivity index (χ0n) is 12.1. The van der Waals surface area contributed by atoms with E-state index in [-0.39, 0.29) is 18.3 Å². The fourth-order valence-corrected chi connectivity index (χ4v) is 2.99. The van der Waals surface area contributed by atoms with Crippen LogP contribution in [-0.4, -0.2) is 18.3 Å². The summed E-state index contributed by atoms with van der Waals surface area (Å²) in [5, 5.41) is 0. The molecular formula is C14H27BO2. The quantitative estimate of drug-likeness (QED) is 0.506. The fourth-order valence-electron chi connectivity index (χ4n) is 2.99. The predicted octanol–water partition coefficient (Wildman–Crippen LogP) is 4.05. The lowest BCUT2D eigenvalue weighted by atomic mass is 9.63. The highest BCUT2D eigenvalue weighted by molar-refractivity contribution is 6.47. The van der Waals surface area contributed by atoms with Gasteiger partial charge in [-0.3, -0.25) is 0 Å². The van der Waals surface area contributed by atoms with Crippen molar-refractivity contribution in [3.05, 3.63) is 0 Å². The van der Waals surface area contributed by atoms with Crippen LogP contribution < -0.4 is 0 Å². The van der Waals surface area contributed by atoms with Gasteiger partial charge in [0.05, 0.1) is 11.2 Å². The molecule has 2 atom stereocenters. The van der Waals surface area contributed by atoms with Crippen LogP contribution in [0.15, 0.2) is 0 Å². The van der Waals surface area contributed by atoms with Gasteiger partial charge < -0.3 is 9.31 Å². The van der Waals surface area contributed by atoms with Gasteiger partial charge in [-0.15, -0.1) is 0 Å². The molecular weight excluding hydrogens is 211 g/mol. The molecule has 2 fully saturated rings. The molecule has 0 aromatic heterocycles. The zero-order valence-corrected chi connectivity index (χ0v) is 12.1. The summed E-state index contributed by atoms with van der Waals surface area (Å²) >= 11 is 0. The average molecular weight is 238 g/mol. The monoisotopic (exact) mass is 238 g/mol.